The summed E-state index contributed by atoms with van der Waals surface area (Å²) in [5, 5.41) is 3.19. The molecule has 0 aliphatic heterocycles. The molecule has 2 aromatic carbocycles. The molecule has 0 fully saturated rings. The number of aryl methyl sites for hydroxylation is 1. The Morgan fingerprint density at radius 2 is 1.83 bits per heavy atom. The summed E-state index contributed by atoms with van der Waals surface area (Å²) in [6.45, 7) is 3.09. The van der Waals surface area contributed by atoms with Gasteiger partial charge in [-0.3, -0.25) is 0 Å². The van der Waals surface area contributed by atoms with Crippen molar-refractivity contribution < 1.29 is 0 Å². The lowest BCUT2D eigenvalue weighted by molar-refractivity contribution is 0.816. The normalized spacial score (nSPS) is 10.6. The first kappa shape index (κ1) is 13.3. The van der Waals surface area contributed by atoms with E-state index in [4.69, 9.17) is 0 Å². The van der Waals surface area contributed by atoms with E-state index in [1.165, 1.54) is 22.3 Å². The minimum Gasteiger partial charge on any atom is -0.316 e. The van der Waals surface area contributed by atoms with Crippen molar-refractivity contribution in [2.45, 2.75) is 19.9 Å². The molecule has 94 valence electrons. The van der Waals surface area contributed by atoms with Crippen LogP contribution in [0.1, 0.15) is 22.3 Å². The van der Waals surface area contributed by atoms with Crippen molar-refractivity contribution in [3.05, 3.63) is 69.2 Å². The van der Waals surface area contributed by atoms with Gasteiger partial charge >= 0.3 is 0 Å². The highest BCUT2D eigenvalue weighted by atomic mass is 79.9. The number of hydrogen-bond donors (Lipinski definition) is 1. The Balaban J connectivity index is 2.22. The first-order valence-corrected chi connectivity index (χ1v) is 6.96. The second kappa shape index (κ2) is 6.17. The summed E-state index contributed by atoms with van der Waals surface area (Å²) in [4.78, 5) is 0. The van der Waals surface area contributed by atoms with Crippen LogP contribution >= 0.6 is 15.9 Å². The maximum Gasteiger partial charge on any atom is 0.0202 e. The Morgan fingerprint density at radius 3 is 2.61 bits per heavy atom. The van der Waals surface area contributed by atoms with E-state index in [1.807, 2.05) is 7.05 Å². The molecule has 1 N–H and O–H groups in total. The van der Waals surface area contributed by atoms with Gasteiger partial charge in [0.25, 0.3) is 0 Å². The van der Waals surface area contributed by atoms with E-state index in [0.717, 1.165) is 17.4 Å². The Hall–Kier alpha value is -1.12. The summed E-state index contributed by atoms with van der Waals surface area (Å²) in [7, 11) is 1.98. The predicted octanol–water partition coefficient (Wildman–Crippen LogP) is 4.07. The second-order valence-corrected chi connectivity index (χ2v) is 5.51. The molecule has 0 saturated heterocycles. The zero-order valence-electron chi connectivity index (χ0n) is 10.8. The van der Waals surface area contributed by atoms with Crippen LogP contribution in [0, 0.1) is 6.92 Å². The van der Waals surface area contributed by atoms with Crippen molar-refractivity contribution in [1.29, 1.82) is 0 Å². The third kappa shape index (κ3) is 3.44. The highest BCUT2D eigenvalue weighted by Crippen LogP contribution is 2.19. The molecule has 0 spiro atoms. The Bertz CT molecular complexity index is 534. The van der Waals surface area contributed by atoms with E-state index in [0.29, 0.717) is 0 Å². The maximum absolute atomic E-state index is 3.54. The second-order valence-electron chi connectivity index (χ2n) is 4.60. The minimum atomic E-state index is 0.922. The average molecular weight is 304 g/mol. The summed E-state index contributed by atoms with van der Waals surface area (Å²) in [5.41, 5.74) is 5.43. The number of halogens is 1. The number of nitrogens with one attached hydrogen (secondary N) is 1. The van der Waals surface area contributed by atoms with E-state index in [9.17, 15) is 0 Å². The Labute approximate surface area is 117 Å². The zero-order valence-corrected chi connectivity index (χ0v) is 12.4. The van der Waals surface area contributed by atoms with Gasteiger partial charge < -0.3 is 5.32 Å². The topological polar surface area (TPSA) is 12.0 Å². The molecule has 1 nitrogen and oxygen atoms in total. The Kier molecular flexibility index (Phi) is 4.56. The molecule has 0 saturated carbocycles. The molecule has 2 heteroatoms. The molecule has 2 rings (SSSR count). The van der Waals surface area contributed by atoms with Gasteiger partial charge in [-0.1, -0.05) is 46.3 Å². The van der Waals surface area contributed by atoms with Crippen LogP contribution in [-0.2, 0) is 13.0 Å². The van der Waals surface area contributed by atoms with Crippen LogP contribution in [0.5, 0.6) is 0 Å². The van der Waals surface area contributed by atoms with E-state index < -0.39 is 0 Å². The fourth-order valence-corrected chi connectivity index (χ4v) is 2.51. The molecule has 18 heavy (non-hydrogen) atoms. The van der Waals surface area contributed by atoms with E-state index in [1.54, 1.807) is 0 Å². The van der Waals surface area contributed by atoms with Crippen molar-refractivity contribution in [3.63, 3.8) is 0 Å². The summed E-state index contributed by atoms with van der Waals surface area (Å²) in [6.07, 6.45) is 0.989. The summed E-state index contributed by atoms with van der Waals surface area (Å²) in [6, 6.07) is 15.2. The van der Waals surface area contributed by atoms with E-state index >= 15 is 0 Å². The van der Waals surface area contributed by atoms with Gasteiger partial charge in [-0.2, -0.15) is 0 Å². The molecule has 0 radical (unpaired) electrons. The maximum atomic E-state index is 3.54. The lowest BCUT2D eigenvalue weighted by Gasteiger charge is -2.08. The van der Waals surface area contributed by atoms with Gasteiger partial charge in [0.05, 0.1) is 0 Å². The van der Waals surface area contributed by atoms with Gasteiger partial charge in [-0.15, -0.1) is 0 Å². The van der Waals surface area contributed by atoms with Crippen LogP contribution in [0.3, 0.4) is 0 Å². The van der Waals surface area contributed by atoms with E-state index in [-0.39, 0.29) is 0 Å². The van der Waals surface area contributed by atoms with Crippen LogP contribution in [0.2, 0.25) is 0 Å². The average Bonchev–Trinajstić information content (AvgIpc) is 2.35. The minimum absolute atomic E-state index is 0.922. The summed E-state index contributed by atoms with van der Waals surface area (Å²) >= 11 is 3.54. The van der Waals surface area contributed by atoms with Crippen molar-refractivity contribution in [2.75, 3.05) is 7.05 Å². The standard InChI is InChI=1S/C16H18BrN/c1-12-6-7-16(17)10-15(12)9-13-4-3-5-14(8-13)11-18-2/h3-8,10,18H,9,11H2,1-2H3. The monoisotopic (exact) mass is 303 g/mol. The quantitative estimate of drug-likeness (QED) is 0.898. The van der Waals surface area contributed by atoms with Gasteiger partial charge in [0.1, 0.15) is 0 Å². The molecule has 0 aromatic heterocycles. The first-order chi connectivity index (χ1) is 8.69. The zero-order chi connectivity index (χ0) is 13.0. The van der Waals surface area contributed by atoms with Gasteiger partial charge in [-0.05, 0) is 54.8 Å². The summed E-state index contributed by atoms with van der Waals surface area (Å²) < 4.78 is 1.15. The van der Waals surface area contributed by atoms with Crippen molar-refractivity contribution in [1.82, 2.24) is 5.32 Å². The van der Waals surface area contributed by atoms with Crippen LogP contribution in [0.4, 0.5) is 0 Å². The number of benzene rings is 2. The first-order valence-electron chi connectivity index (χ1n) is 6.16. The highest BCUT2D eigenvalue weighted by Gasteiger charge is 2.02. The van der Waals surface area contributed by atoms with E-state index in [2.05, 4.69) is 70.6 Å². The third-order valence-electron chi connectivity index (χ3n) is 3.08. The van der Waals surface area contributed by atoms with Gasteiger partial charge in [0, 0.05) is 11.0 Å². The Morgan fingerprint density at radius 1 is 1.06 bits per heavy atom. The largest absolute Gasteiger partial charge is 0.316 e. The third-order valence-corrected chi connectivity index (χ3v) is 3.57. The van der Waals surface area contributed by atoms with Crippen LogP contribution in [0.15, 0.2) is 46.9 Å². The molecule has 0 bridgehead atoms. The molecular formula is C16H18BrN. The predicted molar refractivity (Wildman–Crippen MR) is 80.9 cm³/mol. The SMILES string of the molecule is CNCc1cccc(Cc2cc(Br)ccc2C)c1. The number of rotatable bonds is 4. The molecule has 0 unspecified atom stereocenters. The smallest absolute Gasteiger partial charge is 0.0202 e. The number of hydrogen-bond acceptors (Lipinski definition) is 1. The molecule has 0 aliphatic carbocycles. The van der Waals surface area contributed by atoms with Crippen LogP contribution in [-0.4, -0.2) is 7.05 Å². The fraction of sp³-hybridized carbons (Fsp3) is 0.250. The van der Waals surface area contributed by atoms with Gasteiger partial charge in [0.2, 0.25) is 0 Å². The van der Waals surface area contributed by atoms with Crippen molar-refractivity contribution in [2.24, 2.45) is 0 Å². The van der Waals surface area contributed by atoms with Crippen molar-refractivity contribution in [3.8, 4) is 0 Å². The van der Waals surface area contributed by atoms with Crippen molar-refractivity contribution >= 4 is 15.9 Å². The van der Waals surface area contributed by atoms with Gasteiger partial charge in [0.15, 0.2) is 0 Å². The highest BCUT2D eigenvalue weighted by molar-refractivity contribution is 9.10. The molecule has 0 atom stereocenters. The molecule has 0 heterocycles. The lowest BCUT2D eigenvalue weighted by atomic mass is 9.99. The lowest BCUT2D eigenvalue weighted by Crippen LogP contribution is -2.05. The summed E-state index contributed by atoms with van der Waals surface area (Å²) in [5.74, 6) is 0. The molecular weight excluding hydrogens is 286 g/mol. The van der Waals surface area contributed by atoms with Crippen LogP contribution < -0.4 is 5.32 Å². The van der Waals surface area contributed by atoms with Crippen LogP contribution in [0.25, 0.3) is 0 Å². The molecule has 2 aromatic rings. The molecule has 0 amide bonds. The molecule has 0 aliphatic rings. The van der Waals surface area contributed by atoms with Gasteiger partial charge in [-0.25, -0.2) is 0 Å². The fourth-order valence-electron chi connectivity index (χ4n) is 2.10.